The Kier molecular flexibility index (Phi) is 4.29. The zero-order valence-electron chi connectivity index (χ0n) is 7.46. The molecule has 1 rings (SSSR count). The summed E-state index contributed by atoms with van der Waals surface area (Å²) in [7, 11) is 0. The first-order valence-electron chi connectivity index (χ1n) is 4.40. The van der Waals surface area contributed by atoms with E-state index in [2.05, 4.69) is 11.5 Å². The summed E-state index contributed by atoms with van der Waals surface area (Å²) in [6.45, 7) is 8.57. The standard InChI is InChI=1S/C9H17NO2/c1-9(8-11)2-3-10-4-6-12-7-5-10/h11H,1-8H2. The third-order valence-corrected chi connectivity index (χ3v) is 2.11. The van der Waals surface area contributed by atoms with Crippen molar-refractivity contribution in [2.75, 3.05) is 39.5 Å². The van der Waals surface area contributed by atoms with Gasteiger partial charge in [-0.3, -0.25) is 4.90 Å². The molecule has 12 heavy (non-hydrogen) atoms. The van der Waals surface area contributed by atoms with Crippen LogP contribution in [0.15, 0.2) is 12.2 Å². The molecular formula is C9H17NO2. The van der Waals surface area contributed by atoms with Crippen LogP contribution in [0.3, 0.4) is 0 Å². The average Bonchev–Trinajstić information content (AvgIpc) is 2.16. The second-order valence-electron chi connectivity index (χ2n) is 3.11. The maximum atomic E-state index is 8.72. The molecule has 1 aliphatic heterocycles. The zero-order chi connectivity index (χ0) is 8.81. The van der Waals surface area contributed by atoms with Gasteiger partial charge in [0.2, 0.25) is 0 Å². The van der Waals surface area contributed by atoms with Crippen LogP contribution in [0.2, 0.25) is 0 Å². The van der Waals surface area contributed by atoms with Gasteiger partial charge in [-0.05, 0) is 6.42 Å². The first-order chi connectivity index (χ1) is 5.83. The second kappa shape index (κ2) is 5.30. The van der Waals surface area contributed by atoms with Crippen molar-refractivity contribution in [1.82, 2.24) is 4.90 Å². The van der Waals surface area contributed by atoms with Crippen LogP contribution in [-0.2, 0) is 4.74 Å². The SMILES string of the molecule is C=C(CO)CCN1CCOCC1. The van der Waals surface area contributed by atoms with Crippen molar-refractivity contribution in [3.8, 4) is 0 Å². The van der Waals surface area contributed by atoms with Gasteiger partial charge >= 0.3 is 0 Å². The van der Waals surface area contributed by atoms with E-state index in [0.29, 0.717) is 0 Å². The number of ether oxygens (including phenoxy) is 1. The Morgan fingerprint density at radius 2 is 2.08 bits per heavy atom. The molecule has 0 aromatic heterocycles. The molecule has 70 valence electrons. The number of hydrogen-bond acceptors (Lipinski definition) is 3. The van der Waals surface area contributed by atoms with Crippen LogP contribution in [0.25, 0.3) is 0 Å². The normalized spacial score (nSPS) is 19.4. The molecule has 0 bridgehead atoms. The summed E-state index contributed by atoms with van der Waals surface area (Å²) < 4.78 is 5.22. The number of aliphatic hydroxyl groups is 1. The molecule has 3 heteroatoms. The third-order valence-electron chi connectivity index (χ3n) is 2.11. The lowest BCUT2D eigenvalue weighted by Gasteiger charge is -2.26. The Morgan fingerprint density at radius 3 is 2.67 bits per heavy atom. The van der Waals surface area contributed by atoms with Gasteiger partial charge in [0.05, 0.1) is 19.8 Å². The molecule has 0 amide bonds. The fraction of sp³-hybridized carbons (Fsp3) is 0.778. The summed E-state index contributed by atoms with van der Waals surface area (Å²) >= 11 is 0. The van der Waals surface area contributed by atoms with E-state index in [1.807, 2.05) is 0 Å². The summed E-state index contributed by atoms with van der Waals surface area (Å²) in [4.78, 5) is 2.34. The summed E-state index contributed by atoms with van der Waals surface area (Å²) in [5, 5.41) is 8.72. The van der Waals surface area contributed by atoms with E-state index in [9.17, 15) is 0 Å². The molecule has 0 aliphatic carbocycles. The molecular weight excluding hydrogens is 154 g/mol. The molecule has 1 saturated heterocycles. The summed E-state index contributed by atoms with van der Waals surface area (Å²) in [5.41, 5.74) is 0.918. The molecule has 1 N–H and O–H groups in total. The Labute approximate surface area is 73.6 Å². The van der Waals surface area contributed by atoms with Crippen LogP contribution in [-0.4, -0.2) is 49.5 Å². The predicted molar refractivity (Wildman–Crippen MR) is 48.1 cm³/mol. The van der Waals surface area contributed by atoms with E-state index in [0.717, 1.165) is 44.8 Å². The van der Waals surface area contributed by atoms with E-state index in [4.69, 9.17) is 9.84 Å². The van der Waals surface area contributed by atoms with E-state index in [-0.39, 0.29) is 6.61 Å². The number of hydrogen-bond donors (Lipinski definition) is 1. The molecule has 0 unspecified atom stereocenters. The molecule has 0 aromatic rings. The Morgan fingerprint density at radius 1 is 1.42 bits per heavy atom. The number of nitrogens with zero attached hydrogens (tertiary/aromatic N) is 1. The fourth-order valence-corrected chi connectivity index (χ4v) is 1.22. The minimum absolute atomic E-state index is 0.115. The van der Waals surface area contributed by atoms with Crippen molar-refractivity contribution in [1.29, 1.82) is 0 Å². The van der Waals surface area contributed by atoms with Gasteiger partial charge < -0.3 is 9.84 Å². The average molecular weight is 171 g/mol. The predicted octanol–water partition coefficient (Wildman–Crippen LogP) is 0.257. The third kappa shape index (κ3) is 3.34. The molecule has 0 radical (unpaired) electrons. The van der Waals surface area contributed by atoms with Gasteiger partial charge in [-0.2, -0.15) is 0 Å². The maximum absolute atomic E-state index is 8.72. The van der Waals surface area contributed by atoms with Crippen LogP contribution in [0.4, 0.5) is 0 Å². The van der Waals surface area contributed by atoms with E-state index in [1.54, 1.807) is 0 Å². The van der Waals surface area contributed by atoms with Crippen molar-refractivity contribution < 1.29 is 9.84 Å². The number of rotatable bonds is 4. The molecule has 0 spiro atoms. The summed E-state index contributed by atoms with van der Waals surface area (Å²) in [6.07, 6.45) is 0.899. The van der Waals surface area contributed by atoms with Gasteiger partial charge in [0, 0.05) is 19.6 Å². The quantitative estimate of drug-likeness (QED) is 0.616. The number of morpholine rings is 1. The first kappa shape index (κ1) is 9.71. The van der Waals surface area contributed by atoms with E-state index >= 15 is 0 Å². The van der Waals surface area contributed by atoms with Crippen molar-refractivity contribution >= 4 is 0 Å². The van der Waals surface area contributed by atoms with Gasteiger partial charge in [-0.15, -0.1) is 0 Å². The lowest BCUT2D eigenvalue weighted by molar-refractivity contribution is 0.0382. The van der Waals surface area contributed by atoms with Crippen LogP contribution in [0.1, 0.15) is 6.42 Å². The lowest BCUT2D eigenvalue weighted by Crippen LogP contribution is -2.37. The molecule has 0 saturated carbocycles. The fourth-order valence-electron chi connectivity index (χ4n) is 1.22. The monoisotopic (exact) mass is 171 g/mol. The molecule has 1 aliphatic rings. The smallest absolute Gasteiger partial charge is 0.0639 e. The molecule has 1 heterocycles. The first-order valence-corrected chi connectivity index (χ1v) is 4.40. The summed E-state index contributed by atoms with van der Waals surface area (Å²) in [6, 6.07) is 0. The van der Waals surface area contributed by atoms with Crippen LogP contribution in [0, 0.1) is 0 Å². The zero-order valence-corrected chi connectivity index (χ0v) is 7.46. The van der Waals surface area contributed by atoms with Gasteiger partial charge in [-0.25, -0.2) is 0 Å². The van der Waals surface area contributed by atoms with Crippen molar-refractivity contribution in [3.05, 3.63) is 12.2 Å². The summed E-state index contributed by atoms with van der Waals surface area (Å²) in [5.74, 6) is 0. The molecule has 0 aromatic carbocycles. The maximum Gasteiger partial charge on any atom is 0.0639 e. The van der Waals surface area contributed by atoms with Crippen molar-refractivity contribution in [2.45, 2.75) is 6.42 Å². The van der Waals surface area contributed by atoms with Gasteiger partial charge in [0.25, 0.3) is 0 Å². The largest absolute Gasteiger partial charge is 0.392 e. The Hall–Kier alpha value is -0.380. The highest BCUT2D eigenvalue weighted by atomic mass is 16.5. The van der Waals surface area contributed by atoms with E-state index in [1.165, 1.54) is 0 Å². The lowest BCUT2D eigenvalue weighted by atomic mass is 10.2. The molecule has 1 fully saturated rings. The number of aliphatic hydroxyl groups excluding tert-OH is 1. The van der Waals surface area contributed by atoms with E-state index < -0.39 is 0 Å². The van der Waals surface area contributed by atoms with Crippen LogP contribution in [0.5, 0.6) is 0 Å². The Balaban J connectivity index is 2.09. The highest BCUT2D eigenvalue weighted by molar-refractivity contribution is 4.94. The van der Waals surface area contributed by atoms with Crippen LogP contribution < -0.4 is 0 Å². The minimum Gasteiger partial charge on any atom is -0.392 e. The highest BCUT2D eigenvalue weighted by Gasteiger charge is 2.09. The Bertz CT molecular complexity index is 141. The van der Waals surface area contributed by atoms with Crippen LogP contribution >= 0.6 is 0 Å². The second-order valence-corrected chi connectivity index (χ2v) is 3.11. The minimum atomic E-state index is 0.115. The topological polar surface area (TPSA) is 32.7 Å². The van der Waals surface area contributed by atoms with Gasteiger partial charge in [-0.1, -0.05) is 12.2 Å². The highest BCUT2D eigenvalue weighted by Crippen LogP contribution is 2.02. The van der Waals surface area contributed by atoms with Crippen molar-refractivity contribution in [3.63, 3.8) is 0 Å². The molecule has 3 nitrogen and oxygen atoms in total. The van der Waals surface area contributed by atoms with Crippen molar-refractivity contribution in [2.24, 2.45) is 0 Å². The molecule has 0 atom stereocenters. The van der Waals surface area contributed by atoms with Gasteiger partial charge in [0.1, 0.15) is 0 Å². The van der Waals surface area contributed by atoms with Gasteiger partial charge in [0.15, 0.2) is 0 Å².